The molecule has 0 fully saturated rings. The van der Waals surface area contributed by atoms with Gasteiger partial charge in [0, 0.05) is 19.6 Å². The van der Waals surface area contributed by atoms with Gasteiger partial charge in [0.1, 0.15) is 18.5 Å². The Bertz CT molecular complexity index is 721. The minimum atomic E-state index is -0.570. The number of carbonyl (C=O) groups is 1. The molecule has 0 radical (unpaired) electrons. The highest BCUT2D eigenvalue weighted by atomic mass is 16.5. The molecule has 1 N–H and O–H groups in total. The monoisotopic (exact) mass is 400 g/mol. The van der Waals surface area contributed by atoms with Gasteiger partial charge in [-0.2, -0.15) is 0 Å². The average molecular weight is 401 g/mol. The van der Waals surface area contributed by atoms with E-state index in [4.69, 9.17) is 9.47 Å². The quantitative estimate of drug-likeness (QED) is 0.553. The van der Waals surface area contributed by atoms with Crippen LogP contribution in [-0.4, -0.2) is 67.4 Å². The van der Waals surface area contributed by atoms with Crippen molar-refractivity contribution in [2.45, 2.75) is 26.1 Å². The Hall–Kier alpha value is -2.41. The third kappa shape index (κ3) is 9.09. The zero-order valence-corrected chi connectivity index (χ0v) is 17.6. The molecule has 2 aromatic rings. The van der Waals surface area contributed by atoms with E-state index in [1.165, 1.54) is 5.56 Å². The maximum atomic E-state index is 11.5. The maximum Gasteiger partial charge on any atom is 0.320 e. The summed E-state index contributed by atoms with van der Waals surface area (Å²) in [7, 11) is 3.86. The van der Waals surface area contributed by atoms with Crippen molar-refractivity contribution in [3.63, 3.8) is 0 Å². The first-order valence-electron chi connectivity index (χ1n) is 9.92. The molecule has 0 heterocycles. The van der Waals surface area contributed by atoms with E-state index in [0.717, 1.165) is 12.1 Å². The number of aliphatic hydroxyl groups is 1. The van der Waals surface area contributed by atoms with E-state index in [0.29, 0.717) is 25.4 Å². The van der Waals surface area contributed by atoms with Gasteiger partial charge in [0.2, 0.25) is 0 Å². The molecular formula is C23H32N2O4. The van der Waals surface area contributed by atoms with Crippen molar-refractivity contribution < 1.29 is 19.4 Å². The molecule has 2 rings (SSSR count). The van der Waals surface area contributed by atoms with Gasteiger partial charge in [-0.1, -0.05) is 42.5 Å². The molecule has 0 unspecified atom stereocenters. The van der Waals surface area contributed by atoms with Crippen LogP contribution in [0, 0.1) is 0 Å². The molecule has 6 heteroatoms. The first-order chi connectivity index (χ1) is 14.0. The van der Waals surface area contributed by atoms with Crippen LogP contribution >= 0.6 is 0 Å². The van der Waals surface area contributed by atoms with Gasteiger partial charge < -0.3 is 14.6 Å². The summed E-state index contributed by atoms with van der Waals surface area (Å²) in [6, 6.07) is 17.9. The Kier molecular flexibility index (Phi) is 9.64. The number of benzene rings is 2. The Morgan fingerprint density at radius 3 is 2.24 bits per heavy atom. The van der Waals surface area contributed by atoms with Crippen LogP contribution in [0.4, 0.5) is 0 Å². The molecular weight excluding hydrogens is 368 g/mol. The van der Waals surface area contributed by atoms with Crippen molar-refractivity contribution >= 4 is 5.97 Å². The topological polar surface area (TPSA) is 62.2 Å². The molecule has 0 aliphatic heterocycles. The molecule has 2 aromatic carbocycles. The number of nitrogens with zero attached hydrogens (tertiary/aromatic N) is 2. The highest BCUT2D eigenvalue weighted by molar-refractivity contribution is 5.71. The van der Waals surface area contributed by atoms with Gasteiger partial charge in [-0.05, 0) is 44.3 Å². The van der Waals surface area contributed by atoms with E-state index >= 15 is 0 Å². The molecule has 0 saturated carbocycles. The molecule has 158 valence electrons. The van der Waals surface area contributed by atoms with E-state index in [1.54, 1.807) is 6.92 Å². The lowest BCUT2D eigenvalue weighted by Gasteiger charge is -2.21. The van der Waals surface area contributed by atoms with Crippen LogP contribution in [0.2, 0.25) is 0 Å². The van der Waals surface area contributed by atoms with Crippen LogP contribution in [0.3, 0.4) is 0 Å². The van der Waals surface area contributed by atoms with Gasteiger partial charge in [-0.15, -0.1) is 0 Å². The molecule has 6 nitrogen and oxygen atoms in total. The Balaban J connectivity index is 1.71. The summed E-state index contributed by atoms with van der Waals surface area (Å²) in [5.41, 5.74) is 2.29. The van der Waals surface area contributed by atoms with Crippen molar-refractivity contribution in [3.8, 4) is 5.75 Å². The summed E-state index contributed by atoms with van der Waals surface area (Å²) in [4.78, 5) is 15.5. The smallest absolute Gasteiger partial charge is 0.320 e. The van der Waals surface area contributed by atoms with Gasteiger partial charge in [0.25, 0.3) is 0 Å². The molecule has 0 bridgehead atoms. The average Bonchev–Trinajstić information content (AvgIpc) is 2.68. The van der Waals surface area contributed by atoms with Crippen LogP contribution in [0.15, 0.2) is 54.6 Å². The summed E-state index contributed by atoms with van der Waals surface area (Å²) in [6.07, 6.45) is -0.570. The van der Waals surface area contributed by atoms with E-state index in [1.807, 2.05) is 61.5 Å². The minimum Gasteiger partial charge on any atom is -0.491 e. The number of aliphatic hydroxyl groups excluding tert-OH is 1. The van der Waals surface area contributed by atoms with Gasteiger partial charge in [0.05, 0.1) is 13.2 Å². The molecule has 0 amide bonds. The highest BCUT2D eigenvalue weighted by Gasteiger charge is 2.11. The lowest BCUT2D eigenvalue weighted by Crippen LogP contribution is -2.32. The zero-order valence-electron chi connectivity index (χ0n) is 17.6. The Morgan fingerprint density at radius 1 is 0.966 bits per heavy atom. The van der Waals surface area contributed by atoms with Crippen LogP contribution in [-0.2, 0) is 22.6 Å². The number of likely N-dealkylation sites (N-methyl/N-ethyl adjacent to an activating group) is 2. The number of esters is 1. The van der Waals surface area contributed by atoms with Crippen molar-refractivity contribution in [1.29, 1.82) is 0 Å². The molecule has 29 heavy (non-hydrogen) atoms. The van der Waals surface area contributed by atoms with Crippen molar-refractivity contribution in [3.05, 3.63) is 65.7 Å². The van der Waals surface area contributed by atoms with Gasteiger partial charge in [-0.3, -0.25) is 14.6 Å². The third-order valence-electron chi connectivity index (χ3n) is 4.34. The second-order valence-electron chi connectivity index (χ2n) is 7.27. The van der Waals surface area contributed by atoms with Gasteiger partial charge in [0.15, 0.2) is 0 Å². The molecule has 0 aliphatic rings. The number of rotatable bonds is 12. The second kappa shape index (κ2) is 12.2. The van der Waals surface area contributed by atoms with Crippen molar-refractivity contribution in [2.75, 3.05) is 40.4 Å². The first-order valence-corrected chi connectivity index (χ1v) is 9.92. The fourth-order valence-corrected chi connectivity index (χ4v) is 3.05. The number of hydrogen-bond donors (Lipinski definition) is 1. The van der Waals surface area contributed by atoms with Crippen molar-refractivity contribution in [1.82, 2.24) is 9.80 Å². The van der Waals surface area contributed by atoms with Crippen LogP contribution in [0.1, 0.15) is 18.1 Å². The molecule has 0 spiro atoms. The van der Waals surface area contributed by atoms with Gasteiger partial charge in [-0.25, -0.2) is 0 Å². The highest BCUT2D eigenvalue weighted by Crippen LogP contribution is 2.14. The normalized spacial score (nSPS) is 12.2. The number of ether oxygens (including phenoxy) is 2. The van der Waals surface area contributed by atoms with E-state index in [-0.39, 0.29) is 19.1 Å². The molecule has 0 aromatic heterocycles. The summed E-state index contributed by atoms with van der Waals surface area (Å²) in [5, 5.41) is 10.2. The largest absolute Gasteiger partial charge is 0.491 e. The lowest BCUT2D eigenvalue weighted by molar-refractivity contribution is -0.144. The predicted octanol–water partition coefficient (Wildman–Crippen LogP) is 2.55. The second-order valence-corrected chi connectivity index (χ2v) is 7.27. The summed E-state index contributed by atoms with van der Waals surface area (Å²) < 4.78 is 10.7. The molecule has 1 atom stereocenters. The predicted molar refractivity (Wildman–Crippen MR) is 114 cm³/mol. The minimum absolute atomic E-state index is 0.221. The fraction of sp³-hybridized carbons (Fsp3) is 0.435. The maximum absolute atomic E-state index is 11.5. The number of carbonyl (C=O) groups excluding carboxylic acids is 1. The van der Waals surface area contributed by atoms with Crippen LogP contribution in [0.25, 0.3) is 0 Å². The molecule has 0 saturated heterocycles. The lowest BCUT2D eigenvalue weighted by atomic mass is 10.2. The Morgan fingerprint density at radius 2 is 1.59 bits per heavy atom. The van der Waals surface area contributed by atoms with Gasteiger partial charge >= 0.3 is 5.97 Å². The van der Waals surface area contributed by atoms with Crippen LogP contribution < -0.4 is 4.74 Å². The standard InChI is InChI=1S/C23H32N2O4/c1-4-28-23(27)17-25(3)15-20-10-12-22(13-11-20)29-18-21(26)16-24(2)14-19-8-6-5-7-9-19/h5-13,21,26H,4,14-18H2,1-3H3/t21-/m1/s1. The SMILES string of the molecule is CCOC(=O)CN(C)Cc1ccc(OC[C@H](O)CN(C)Cc2ccccc2)cc1. The van der Waals surface area contributed by atoms with Crippen molar-refractivity contribution in [2.24, 2.45) is 0 Å². The first kappa shape index (κ1) is 22.9. The summed E-state index contributed by atoms with van der Waals surface area (Å²) in [5.74, 6) is 0.493. The van der Waals surface area contributed by atoms with E-state index in [2.05, 4.69) is 17.0 Å². The van der Waals surface area contributed by atoms with Crippen LogP contribution in [0.5, 0.6) is 5.75 Å². The van der Waals surface area contributed by atoms with E-state index < -0.39 is 6.10 Å². The third-order valence-corrected chi connectivity index (χ3v) is 4.34. The zero-order chi connectivity index (χ0) is 21.1. The summed E-state index contributed by atoms with van der Waals surface area (Å²) in [6.45, 7) is 4.65. The Labute approximate surface area is 173 Å². The number of hydrogen-bond acceptors (Lipinski definition) is 6. The fourth-order valence-electron chi connectivity index (χ4n) is 3.05. The molecule has 0 aliphatic carbocycles. The summed E-state index contributed by atoms with van der Waals surface area (Å²) >= 11 is 0. The van der Waals surface area contributed by atoms with E-state index in [9.17, 15) is 9.90 Å².